The van der Waals surface area contributed by atoms with E-state index in [1.54, 1.807) is 0 Å². The Balaban J connectivity index is 2.72. The molecule has 0 aromatic rings. The van der Waals surface area contributed by atoms with Gasteiger partial charge in [-0.25, -0.2) is 5.48 Å². The zero-order valence-electron chi connectivity index (χ0n) is 11.4. The van der Waals surface area contributed by atoms with Crippen LogP contribution in [0.4, 0.5) is 0 Å². The predicted octanol–water partition coefficient (Wildman–Crippen LogP) is 0.798. The van der Waals surface area contributed by atoms with Gasteiger partial charge in [0.05, 0.1) is 25.4 Å². The third-order valence-corrected chi connectivity index (χ3v) is 2.94. The Labute approximate surface area is 103 Å². The van der Waals surface area contributed by atoms with E-state index >= 15 is 0 Å². The first kappa shape index (κ1) is 14.4. The molecule has 1 rings (SSSR count). The normalized spacial score (nSPS) is 28.1. The van der Waals surface area contributed by atoms with Crippen LogP contribution in [0.3, 0.4) is 0 Å². The molecule has 1 fully saturated rings. The summed E-state index contributed by atoms with van der Waals surface area (Å²) in [4.78, 5) is 18.9. The molecule has 1 saturated heterocycles. The molecule has 0 bridgehead atoms. The molecule has 0 aliphatic carbocycles. The SMILES string of the molecule is CONC(=O)C(C(C)C)N1CC(C)OC(C)C1. The van der Waals surface area contributed by atoms with Crippen molar-refractivity contribution in [3.63, 3.8) is 0 Å². The van der Waals surface area contributed by atoms with Gasteiger partial charge < -0.3 is 4.74 Å². The summed E-state index contributed by atoms with van der Waals surface area (Å²) >= 11 is 0. The molecule has 17 heavy (non-hydrogen) atoms. The number of nitrogens with one attached hydrogen (secondary N) is 1. The molecule has 1 heterocycles. The van der Waals surface area contributed by atoms with Gasteiger partial charge in [0.1, 0.15) is 0 Å². The third kappa shape index (κ3) is 3.94. The molecule has 3 atom stereocenters. The Bertz CT molecular complexity index is 248. The largest absolute Gasteiger partial charge is 0.373 e. The summed E-state index contributed by atoms with van der Waals surface area (Å²) in [7, 11) is 1.46. The summed E-state index contributed by atoms with van der Waals surface area (Å²) < 4.78 is 5.68. The Kier molecular flexibility index (Phi) is 5.36. The molecule has 1 aliphatic heterocycles. The second-order valence-corrected chi connectivity index (χ2v) is 5.07. The molecule has 100 valence electrons. The highest BCUT2D eigenvalue weighted by Crippen LogP contribution is 2.18. The molecule has 0 aromatic carbocycles. The van der Waals surface area contributed by atoms with Crippen LogP contribution in [0.1, 0.15) is 27.7 Å². The maximum absolute atomic E-state index is 12.0. The summed E-state index contributed by atoms with van der Waals surface area (Å²) in [6.45, 7) is 9.73. The maximum Gasteiger partial charge on any atom is 0.261 e. The lowest BCUT2D eigenvalue weighted by atomic mass is 10.00. The number of hydrogen-bond acceptors (Lipinski definition) is 4. The molecule has 1 aliphatic rings. The van der Waals surface area contributed by atoms with E-state index in [0.717, 1.165) is 13.1 Å². The topological polar surface area (TPSA) is 50.8 Å². The van der Waals surface area contributed by atoms with E-state index < -0.39 is 0 Å². The molecule has 5 nitrogen and oxygen atoms in total. The van der Waals surface area contributed by atoms with Gasteiger partial charge in [-0.3, -0.25) is 14.5 Å². The average Bonchev–Trinajstić information content (AvgIpc) is 2.15. The quantitative estimate of drug-likeness (QED) is 0.743. The summed E-state index contributed by atoms with van der Waals surface area (Å²) in [6.07, 6.45) is 0.325. The van der Waals surface area contributed by atoms with E-state index in [-0.39, 0.29) is 30.1 Å². The van der Waals surface area contributed by atoms with E-state index in [2.05, 4.69) is 10.4 Å². The van der Waals surface area contributed by atoms with E-state index in [0.29, 0.717) is 0 Å². The van der Waals surface area contributed by atoms with Crippen LogP contribution in [-0.4, -0.2) is 49.3 Å². The van der Waals surface area contributed by atoms with Crippen LogP contribution in [0.5, 0.6) is 0 Å². The lowest BCUT2D eigenvalue weighted by molar-refractivity contribution is -0.145. The third-order valence-electron chi connectivity index (χ3n) is 2.94. The van der Waals surface area contributed by atoms with Crippen molar-refractivity contribution in [1.82, 2.24) is 10.4 Å². The summed E-state index contributed by atoms with van der Waals surface area (Å²) in [5.41, 5.74) is 2.43. The lowest BCUT2D eigenvalue weighted by Gasteiger charge is -2.40. The van der Waals surface area contributed by atoms with E-state index in [1.807, 2.05) is 27.7 Å². The van der Waals surface area contributed by atoms with Crippen LogP contribution < -0.4 is 5.48 Å². The van der Waals surface area contributed by atoms with Gasteiger partial charge in [0.15, 0.2) is 0 Å². The van der Waals surface area contributed by atoms with Crippen molar-refractivity contribution in [2.75, 3.05) is 20.2 Å². The Hall–Kier alpha value is -0.650. The zero-order chi connectivity index (χ0) is 13.0. The number of ether oxygens (including phenoxy) is 1. The number of hydrogen-bond donors (Lipinski definition) is 1. The average molecular weight is 244 g/mol. The molecule has 1 N–H and O–H groups in total. The van der Waals surface area contributed by atoms with Crippen LogP contribution in [0.25, 0.3) is 0 Å². The predicted molar refractivity (Wildman–Crippen MR) is 65.4 cm³/mol. The highest BCUT2D eigenvalue weighted by molar-refractivity contribution is 5.81. The smallest absolute Gasteiger partial charge is 0.261 e. The minimum atomic E-state index is -0.163. The number of amides is 1. The summed E-state index contributed by atoms with van der Waals surface area (Å²) in [6, 6.07) is -0.163. The van der Waals surface area contributed by atoms with Gasteiger partial charge in [0.25, 0.3) is 5.91 Å². The minimum absolute atomic E-state index is 0.0798. The van der Waals surface area contributed by atoms with Crippen molar-refractivity contribution in [2.45, 2.75) is 45.9 Å². The van der Waals surface area contributed by atoms with Gasteiger partial charge in [-0.1, -0.05) is 13.8 Å². The number of rotatable bonds is 4. The van der Waals surface area contributed by atoms with Crippen molar-refractivity contribution in [3.05, 3.63) is 0 Å². The number of carbonyl (C=O) groups excluding carboxylic acids is 1. The van der Waals surface area contributed by atoms with Gasteiger partial charge >= 0.3 is 0 Å². The van der Waals surface area contributed by atoms with Gasteiger partial charge in [-0.2, -0.15) is 0 Å². The number of morpholine rings is 1. The second-order valence-electron chi connectivity index (χ2n) is 5.07. The molecule has 0 aromatic heterocycles. The highest BCUT2D eigenvalue weighted by atomic mass is 16.6. The minimum Gasteiger partial charge on any atom is -0.373 e. The first-order valence-electron chi connectivity index (χ1n) is 6.18. The van der Waals surface area contributed by atoms with E-state index in [4.69, 9.17) is 9.57 Å². The van der Waals surface area contributed by atoms with Crippen LogP contribution in [0, 0.1) is 5.92 Å². The monoisotopic (exact) mass is 244 g/mol. The van der Waals surface area contributed by atoms with Gasteiger partial charge in [-0.15, -0.1) is 0 Å². The molecule has 0 saturated carbocycles. The van der Waals surface area contributed by atoms with E-state index in [1.165, 1.54) is 7.11 Å². The summed E-state index contributed by atoms with van der Waals surface area (Å²) in [5.74, 6) is 0.159. The Morgan fingerprint density at radius 1 is 1.35 bits per heavy atom. The fourth-order valence-corrected chi connectivity index (χ4v) is 2.50. The molecule has 5 heteroatoms. The standard InChI is InChI=1S/C12H24N2O3/c1-8(2)11(12(15)13-16-5)14-6-9(3)17-10(4)7-14/h8-11H,6-7H2,1-5H3,(H,13,15). The molecule has 3 unspecified atom stereocenters. The van der Waals surface area contributed by atoms with Gasteiger partial charge in [0.2, 0.25) is 0 Å². The van der Waals surface area contributed by atoms with Crippen molar-refractivity contribution in [2.24, 2.45) is 5.92 Å². The van der Waals surface area contributed by atoms with Gasteiger partial charge in [-0.05, 0) is 19.8 Å². The maximum atomic E-state index is 12.0. The molecule has 1 amide bonds. The lowest BCUT2D eigenvalue weighted by Crippen LogP contribution is -2.56. The fourth-order valence-electron chi connectivity index (χ4n) is 2.50. The van der Waals surface area contributed by atoms with Crippen LogP contribution in [0.2, 0.25) is 0 Å². The van der Waals surface area contributed by atoms with Crippen LogP contribution >= 0.6 is 0 Å². The molecular weight excluding hydrogens is 220 g/mol. The molecule has 0 radical (unpaired) electrons. The Morgan fingerprint density at radius 3 is 2.29 bits per heavy atom. The number of hydroxylamine groups is 1. The zero-order valence-corrected chi connectivity index (χ0v) is 11.4. The van der Waals surface area contributed by atoms with Crippen LogP contribution in [-0.2, 0) is 14.4 Å². The van der Waals surface area contributed by atoms with E-state index in [9.17, 15) is 4.79 Å². The van der Waals surface area contributed by atoms with Crippen molar-refractivity contribution in [3.8, 4) is 0 Å². The first-order chi connectivity index (χ1) is 7.95. The number of carbonyl (C=O) groups is 1. The second kappa shape index (κ2) is 6.33. The Morgan fingerprint density at radius 2 is 1.88 bits per heavy atom. The molecular formula is C12H24N2O3. The van der Waals surface area contributed by atoms with Crippen molar-refractivity contribution in [1.29, 1.82) is 0 Å². The highest BCUT2D eigenvalue weighted by Gasteiger charge is 2.34. The first-order valence-corrected chi connectivity index (χ1v) is 6.18. The molecule has 0 spiro atoms. The summed E-state index contributed by atoms with van der Waals surface area (Å²) in [5, 5.41) is 0. The van der Waals surface area contributed by atoms with Crippen LogP contribution in [0.15, 0.2) is 0 Å². The number of nitrogens with zero attached hydrogens (tertiary/aromatic N) is 1. The van der Waals surface area contributed by atoms with Gasteiger partial charge in [0, 0.05) is 13.1 Å². The van der Waals surface area contributed by atoms with Crippen molar-refractivity contribution >= 4 is 5.91 Å². The van der Waals surface area contributed by atoms with Crippen molar-refractivity contribution < 1.29 is 14.4 Å². The fraction of sp³-hybridized carbons (Fsp3) is 0.917.